The van der Waals surface area contributed by atoms with E-state index in [1.54, 1.807) is 12.1 Å². The Balaban J connectivity index is 1.86. The van der Waals surface area contributed by atoms with E-state index in [9.17, 15) is 27.9 Å². The van der Waals surface area contributed by atoms with Crippen LogP contribution in [0.5, 0.6) is 5.88 Å². The van der Waals surface area contributed by atoms with Crippen LogP contribution in [0.25, 0.3) is 17.3 Å². The summed E-state index contributed by atoms with van der Waals surface area (Å²) in [5.74, 6) is -0.824. The molecule has 11 heteroatoms. The van der Waals surface area contributed by atoms with Crippen molar-refractivity contribution in [1.82, 2.24) is 14.9 Å². The number of hydrogen-bond donors (Lipinski definition) is 3. The number of benzene rings is 2. The highest BCUT2D eigenvalue weighted by molar-refractivity contribution is 7.71. The molecule has 0 saturated carbocycles. The third kappa shape index (κ3) is 4.94. The summed E-state index contributed by atoms with van der Waals surface area (Å²) in [5.41, 5.74) is -0.835. The molecule has 1 aromatic heterocycles. The maximum Gasteiger partial charge on any atom is 0.416 e. The number of aromatic hydroxyl groups is 1. The summed E-state index contributed by atoms with van der Waals surface area (Å²) in [6.45, 7) is 1.72. The molecule has 0 aliphatic carbocycles. The van der Waals surface area contributed by atoms with E-state index in [1.807, 2.05) is 12.1 Å². The van der Waals surface area contributed by atoms with E-state index in [0.29, 0.717) is 24.0 Å². The zero-order chi connectivity index (χ0) is 25.3. The Bertz CT molecular complexity index is 1600. The summed E-state index contributed by atoms with van der Waals surface area (Å²) in [5, 5.41) is 15.1. The highest BCUT2D eigenvalue weighted by Crippen LogP contribution is 2.32. The Morgan fingerprint density at radius 1 is 1.23 bits per heavy atom. The molecule has 0 saturated heterocycles. The summed E-state index contributed by atoms with van der Waals surface area (Å²) in [4.78, 5) is 31.0. The van der Waals surface area contributed by atoms with Crippen LogP contribution in [0.3, 0.4) is 0 Å². The van der Waals surface area contributed by atoms with Gasteiger partial charge in [-0.3, -0.25) is 19.1 Å². The number of rotatable bonds is 5. The molecule has 3 aromatic rings. The summed E-state index contributed by atoms with van der Waals surface area (Å²) in [6.07, 6.45) is -2.85. The lowest BCUT2D eigenvalue weighted by molar-refractivity contribution is -0.137. The molecule has 180 valence electrons. The third-order valence-corrected chi connectivity index (χ3v) is 5.65. The van der Waals surface area contributed by atoms with E-state index >= 15 is 0 Å². The summed E-state index contributed by atoms with van der Waals surface area (Å²) in [7, 11) is 0. The fourth-order valence-corrected chi connectivity index (χ4v) is 4.06. The van der Waals surface area contributed by atoms with Gasteiger partial charge in [0, 0.05) is 18.7 Å². The fraction of sp³-hybridized carbons (Fsp3) is 0.167. The van der Waals surface area contributed by atoms with Crippen LogP contribution < -0.4 is 21.5 Å². The minimum atomic E-state index is -4.60. The maximum absolute atomic E-state index is 13.2. The highest BCUT2D eigenvalue weighted by Gasteiger charge is 2.31. The van der Waals surface area contributed by atoms with Crippen LogP contribution in [0.2, 0.25) is 0 Å². The number of fused-ring (bicyclic) bond motifs is 1. The Morgan fingerprint density at radius 2 is 1.97 bits per heavy atom. The van der Waals surface area contributed by atoms with Gasteiger partial charge in [0.15, 0.2) is 4.77 Å². The van der Waals surface area contributed by atoms with Crippen molar-refractivity contribution in [3.63, 3.8) is 0 Å². The normalized spacial score (nSPS) is 14.1. The Labute approximate surface area is 201 Å². The molecule has 1 aliphatic heterocycles. The number of carbonyl (C=O) groups is 1. The van der Waals surface area contributed by atoms with Gasteiger partial charge in [-0.1, -0.05) is 24.3 Å². The Morgan fingerprint density at radius 3 is 2.69 bits per heavy atom. The Hall–Kier alpha value is -3.99. The molecule has 35 heavy (non-hydrogen) atoms. The number of allylic oxidation sites excluding steroid dienone is 1. The molecule has 2 heterocycles. The highest BCUT2D eigenvalue weighted by atomic mass is 32.1. The number of para-hydroxylation sites is 1. The first-order chi connectivity index (χ1) is 16.6. The molecular formula is C24H19F3N4O3S. The monoisotopic (exact) mass is 500 g/mol. The van der Waals surface area contributed by atoms with Gasteiger partial charge in [-0.25, -0.2) is 4.99 Å². The Kier molecular flexibility index (Phi) is 6.44. The molecule has 7 nitrogen and oxygen atoms in total. The van der Waals surface area contributed by atoms with Gasteiger partial charge in [0.2, 0.25) is 11.8 Å². The largest absolute Gasteiger partial charge is 0.494 e. The van der Waals surface area contributed by atoms with Gasteiger partial charge in [0.05, 0.1) is 22.3 Å². The van der Waals surface area contributed by atoms with Gasteiger partial charge >= 0.3 is 6.18 Å². The second-order valence-electron chi connectivity index (χ2n) is 7.75. The van der Waals surface area contributed by atoms with Crippen molar-refractivity contribution < 1.29 is 23.1 Å². The second-order valence-corrected chi connectivity index (χ2v) is 8.14. The molecular weight excluding hydrogens is 481 g/mol. The quantitative estimate of drug-likeness (QED) is 0.469. The molecule has 0 spiro atoms. The van der Waals surface area contributed by atoms with Gasteiger partial charge in [-0.05, 0) is 54.6 Å². The summed E-state index contributed by atoms with van der Waals surface area (Å²) in [6, 6.07) is 11.5. The van der Waals surface area contributed by atoms with Crippen molar-refractivity contribution in [2.75, 3.05) is 6.54 Å². The van der Waals surface area contributed by atoms with Crippen molar-refractivity contribution in [3.05, 3.63) is 91.1 Å². The van der Waals surface area contributed by atoms with Crippen LogP contribution >= 0.6 is 12.2 Å². The number of H-pyrrole nitrogens is 1. The molecule has 0 fully saturated rings. The first-order valence-corrected chi connectivity index (χ1v) is 10.9. The van der Waals surface area contributed by atoms with E-state index in [0.717, 1.165) is 27.5 Å². The molecule has 2 aromatic carbocycles. The number of nitrogens with zero attached hydrogens (tertiary/aromatic N) is 2. The number of halogens is 3. The van der Waals surface area contributed by atoms with Gasteiger partial charge in [-0.2, -0.15) is 13.2 Å². The molecule has 1 amide bonds. The number of amides is 1. The van der Waals surface area contributed by atoms with Crippen LogP contribution in [0, 0.1) is 4.77 Å². The molecule has 4 rings (SSSR count). The topological polar surface area (TPSA) is 99.5 Å². The minimum absolute atomic E-state index is 0.0697. The first kappa shape index (κ1) is 24.1. The molecule has 0 radical (unpaired) electrons. The van der Waals surface area contributed by atoms with Crippen LogP contribution in [0.15, 0.2) is 64.0 Å². The van der Waals surface area contributed by atoms with Crippen molar-refractivity contribution in [2.45, 2.75) is 19.5 Å². The standard InChI is InChI=1S/C24H19F3N4O3S/c1-13(32)28-10-9-17-16-7-2-3-8-19(16)29-20(17)12-18-21(33)30-23(35)31(22(18)34)15-6-4-5-14(11-15)24(25,26)27/h2-8,11-12,34H,9-10H2,1H3,(H,28,32)(H,30,33,35)/b20-12-. The number of aromatic nitrogens is 2. The van der Waals surface area contributed by atoms with Crippen molar-refractivity contribution >= 4 is 29.8 Å². The van der Waals surface area contributed by atoms with E-state index in [4.69, 9.17) is 12.2 Å². The SMILES string of the molecule is CC(=O)NCCC1=c2ccccc2=N/C1=C\c1c(O)n(-c2cccc(C(F)(F)F)c2)c(=S)[nH]c1=O. The van der Waals surface area contributed by atoms with Crippen molar-refractivity contribution in [3.8, 4) is 11.6 Å². The molecule has 0 unspecified atom stereocenters. The molecule has 1 aliphatic rings. The third-order valence-electron chi connectivity index (χ3n) is 5.36. The van der Waals surface area contributed by atoms with Crippen LogP contribution in [0.1, 0.15) is 24.5 Å². The zero-order valence-electron chi connectivity index (χ0n) is 18.3. The number of carbonyl (C=O) groups excluding carboxylic acids is 1. The van der Waals surface area contributed by atoms with Crippen molar-refractivity contribution in [1.29, 1.82) is 0 Å². The predicted octanol–water partition coefficient (Wildman–Crippen LogP) is 2.97. The van der Waals surface area contributed by atoms with Gasteiger partial charge in [-0.15, -0.1) is 0 Å². The molecule has 0 atom stereocenters. The van der Waals surface area contributed by atoms with Crippen LogP contribution in [0.4, 0.5) is 13.2 Å². The minimum Gasteiger partial charge on any atom is -0.494 e. The first-order valence-electron chi connectivity index (χ1n) is 10.5. The maximum atomic E-state index is 13.2. The lowest BCUT2D eigenvalue weighted by atomic mass is 10.1. The lowest BCUT2D eigenvalue weighted by Crippen LogP contribution is -2.25. The molecule has 3 N–H and O–H groups in total. The zero-order valence-corrected chi connectivity index (χ0v) is 19.1. The number of hydrogen-bond acceptors (Lipinski definition) is 5. The van der Waals surface area contributed by atoms with Crippen LogP contribution in [-0.2, 0) is 11.0 Å². The van der Waals surface area contributed by atoms with E-state index in [2.05, 4.69) is 15.3 Å². The summed E-state index contributed by atoms with van der Waals surface area (Å²) >= 11 is 5.13. The fourth-order valence-electron chi connectivity index (χ4n) is 3.77. The van der Waals surface area contributed by atoms with Crippen molar-refractivity contribution in [2.24, 2.45) is 4.99 Å². The lowest BCUT2D eigenvalue weighted by Gasteiger charge is -2.14. The number of nitrogens with one attached hydrogen (secondary N) is 2. The van der Waals surface area contributed by atoms with Gasteiger partial charge in [0.1, 0.15) is 5.56 Å². The van der Waals surface area contributed by atoms with E-state index in [1.165, 1.54) is 25.1 Å². The number of alkyl halides is 3. The smallest absolute Gasteiger partial charge is 0.416 e. The average molecular weight is 501 g/mol. The van der Waals surface area contributed by atoms with E-state index in [-0.39, 0.29) is 21.9 Å². The van der Waals surface area contributed by atoms with Crippen LogP contribution in [-0.4, -0.2) is 27.1 Å². The van der Waals surface area contributed by atoms with Gasteiger partial charge < -0.3 is 10.4 Å². The van der Waals surface area contributed by atoms with E-state index < -0.39 is 23.2 Å². The number of aromatic amines is 1. The molecule has 0 bridgehead atoms. The summed E-state index contributed by atoms with van der Waals surface area (Å²) < 4.78 is 40.3. The predicted molar refractivity (Wildman–Crippen MR) is 126 cm³/mol. The van der Waals surface area contributed by atoms with Gasteiger partial charge in [0.25, 0.3) is 5.56 Å². The average Bonchev–Trinajstić information content (AvgIpc) is 3.13. The second kappa shape index (κ2) is 9.34.